The van der Waals surface area contributed by atoms with Crippen molar-refractivity contribution in [3.63, 3.8) is 0 Å². The lowest BCUT2D eigenvalue weighted by molar-refractivity contribution is 0.0697. The molecule has 0 aliphatic heterocycles. The molecule has 1 fully saturated rings. The van der Waals surface area contributed by atoms with E-state index in [0.29, 0.717) is 11.1 Å². The van der Waals surface area contributed by atoms with Crippen molar-refractivity contribution >= 4 is 39.5 Å². The molecule has 1 saturated carbocycles. The molecule has 0 bridgehead atoms. The summed E-state index contributed by atoms with van der Waals surface area (Å²) < 4.78 is 2.34. The fourth-order valence-electron chi connectivity index (χ4n) is 6.15. The zero-order valence-electron chi connectivity index (χ0n) is 22.4. The zero-order valence-corrected chi connectivity index (χ0v) is 23.2. The van der Waals surface area contributed by atoms with E-state index in [9.17, 15) is 9.90 Å². The monoisotopic (exact) mass is 557 g/mol. The summed E-state index contributed by atoms with van der Waals surface area (Å²) in [6, 6.07) is 32.3. The molecular weight excluding hydrogens is 530 g/mol. The molecule has 6 aromatic rings. The van der Waals surface area contributed by atoms with E-state index in [1.54, 1.807) is 12.1 Å². The lowest BCUT2D eigenvalue weighted by Crippen LogP contribution is -2.14. The highest BCUT2D eigenvalue weighted by molar-refractivity contribution is 6.30. The Bertz CT molecular complexity index is 1920. The van der Waals surface area contributed by atoms with E-state index >= 15 is 0 Å². The number of halogens is 1. The van der Waals surface area contributed by atoms with Crippen molar-refractivity contribution in [1.82, 2.24) is 14.5 Å². The summed E-state index contributed by atoms with van der Waals surface area (Å²) >= 11 is 6.13. The number of fused-ring (bicyclic) bond motifs is 2. The van der Waals surface area contributed by atoms with Gasteiger partial charge < -0.3 is 9.67 Å². The van der Waals surface area contributed by atoms with Gasteiger partial charge in [0.25, 0.3) is 0 Å². The predicted octanol–water partition coefficient (Wildman–Crippen LogP) is 9.44. The molecule has 1 aliphatic carbocycles. The van der Waals surface area contributed by atoms with Gasteiger partial charge in [-0.05, 0) is 78.6 Å². The maximum atomic E-state index is 11.7. The van der Waals surface area contributed by atoms with E-state index in [1.807, 2.05) is 42.5 Å². The Labute approximate surface area is 243 Å². The van der Waals surface area contributed by atoms with Crippen LogP contribution >= 0.6 is 11.6 Å². The minimum Gasteiger partial charge on any atom is -0.478 e. The number of carboxylic acids is 1. The average Bonchev–Trinajstić information content (AvgIpc) is 3.40. The number of rotatable bonds is 5. The minimum absolute atomic E-state index is 0.256. The molecule has 4 aromatic carbocycles. The second-order valence-electron chi connectivity index (χ2n) is 10.8. The Morgan fingerprint density at radius 1 is 0.756 bits per heavy atom. The first-order valence-corrected chi connectivity index (χ1v) is 14.4. The Morgan fingerprint density at radius 3 is 2.29 bits per heavy atom. The molecule has 0 radical (unpaired) electrons. The van der Waals surface area contributed by atoms with E-state index in [2.05, 4.69) is 47.0 Å². The topological polar surface area (TPSA) is 68.0 Å². The lowest BCUT2D eigenvalue weighted by atomic mass is 9.94. The lowest BCUT2D eigenvalue weighted by Gasteiger charge is -2.25. The largest absolute Gasteiger partial charge is 0.478 e. The smallest absolute Gasteiger partial charge is 0.335 e. The van der Waals surface area contributed by atoms with E-state index in [4.69, 9.17) is 21.6 Å². The van der Waals surface area contributed by atoms with Gasteiger partial charge in [-0.25, -0.2) is 14.8 Å². The van der Waals surface area contributed by atoms with Crippen LogP contribution in [0.2, 0.25) is 5.02 Å². The minimum atomic E-state index is -0.939. The number of imidazole rings is 1. The number of nitrogens with zero attached hydrogens (tertiary/aromatic N) is 3. The Hall–Kier alpha value is -4.48. The van der Waals surface area contributed by atoms with Crippen molar-refractivity contribution in [2.75, 3.05) is 0 Å². The number of hydrogen-bond donors (Lipinski definition) is 1. The zero-order chi connectivity index (χ0) is 27.9. The third kappa shape index (κ3) is 4.76. The van der Waals surface area contributed by atoms with Gasteiger partial charge in [-0.15, -0.1) is 0 Å². The van der Waals surface area contributed by atoms with Gasteiger partial charge in [0.2, 0.25) is 0 Å². The van der Waals surface area contributed by atoms with Crippen LogP contribution in [0, 0.1) is 0 Å². The van der Waals surface area contributed by atoms with Gasteiger partial charge in [-0.3, -0.25) is 0 Å². The summed E-state index contributed by atoms with van der Waals surface area (Å²) in [5.41, 5.74) is 8.05. The Balaban J connectivity index is 1.32. The number of carbonyl (C=O) groups is 1. The maximum Gasteiger partial charge on any atom is 0.335 e. The Morgan fingerprint density at radius 2 is 1.51 bits per heavy atom. The molecule has 0 atom stereocenters. The number of pyridine rings is 1. The molecule has 2 aromatic heterocycles. The van der Waals surface area contributed by atoms with Crippen molar-refractivity contribution in [3.05, 3.63) is 108 Å². The summed E-state index contributed by atoms with van der Waals surface area (Å²) in [6.07, 6.45) is 5.85. The molecule has 6 heteroatoms. The molecule has 5 nitrogen and oxygen atoms in total. The van der Waals surface area contributed by atoms with Gasteiger partial charge in [-0.1, -0.05) is 73.3 Å². The van der Waals surface area contributed by atoms with E-state index < -0.39 is 5.97 Å². The van der Waals surface area contributed by atoms with Gasteiger partial charge in [0.15, 0.2) is 0 Å². The predicted molar refractivity (Wildman–Crippen MR) is 165 cm³/mol. The molecule has 202 valence electrons. The normalized spacial score (nSPS) is 14.1. The third-order valence-corrected chi connectivity index (χ3v) is 8.43. The number of aromatic nitrogens is 3. The molecule has 0 saturated heterocycles. The van der Waals surface area contributed by atoms with Crippen molar-refractivity contribution in [2.45, 2.75) is 38.1 Å². The Kier molecular flexibility index (Phi) is 6.52. The van der Waals surface area contributed by atoms with Crippen LogP contribution in [0.5, 0.6) is 0 Å². The standard InChI is InChI=1S/C35H28ClN3O2/c36-26-15-10-22(11-16-26)28-8-4-5-9-29(28)31-18-12-23-20-24(13-17-30(23)37-31)34-38-32-21-25(35(40)41)14-19-33(32)39(34)27-6-2-1-3-7-27/h4-5,8-21,27H,1-3,6-7H2,(H,40,41). The fourth-order valence-corrected chi connectivity index (χ4v) is 6.27. The van der Waals surface area contributed by atoms with E-state index in [0.717, 1.165) is 68.6 Å². The van der Waals surface area contributed by atoms with Crippen LogP contribution in [0.1, 0.15) is 48.5 Å². The summed E-state index contributed by atoms with van der Waals surface area (Å²) in [5, 5.41) is 11.3. The molecule has 0 spiro atoms. The molecule has 1 N–H and O–H groups in total. The number of benzene rings is 4. The van der Waals surface area contributed by atoms with Crippen molar-refractivity contribution in [3.8, 4) is 33.8 Å². The second kappa shape index (κ2) is 10.5. The highest BCUT2D eigenvalue weighted by atomic mass is 35.5. The first-order valence-electron chi connectivity index (χ1n) is 14.1. The van der Waals surface area contributed by atoms with E-state index in [-0.39, 0.29) is 5.56 Å². The summed E-state index contributed by atoms with van der Waals surface area (Å²) in [7, 11) is 0. The molecule has 0 unspecified atom stereocenters. The van der Waals surface area contributed by atoms with Crippen molar-refractivity contribution in [1.29, 1.82) is 0 Å². The first kappa shape index (κ1) is 25.5. The quantitative estimate of drug-likeness (QED) is 0.229. The van der Waals surface area contributed by atoms with E-state index in [1.165, 1.54) is 19.3 Å². The van der Waals surface area contributed by atoms with Crippen LogP contribution in [0.4, 0.5) is 0 Å². The summed E-state index contributed by atoms with van der Waals surface area (Å²) in [6.45, 7) is 0. The third-order valence-electron chi connectivity index (χ3n) is 8.18. The second-order valence-corrected chi connectivity index (χ2v) is 11.2. The van der Waals surface area contributed by atoms with Gasteiger partial charge in [-0.2, -0.15) is 0 Å². The molecule has 7 rings (SSSR count). The molecular formula is C35H28ClN3O2. The average molecular weight is 558 g/mol. The van der Waals surface area contributed by atoms with Crippen LogP contribution < -0.4 is 0 Å². The van der Waals surface area contributed by atoms with Crippen LogP contribution in [-0.2, 0) is 0 Å². The van der Waals surface area contributed by atoms with Crippen LogP contribution in [0.3, 0.4) is 0 Å². The van der Waals surface area contributed by atoms with Crippen molar-refractivity contribution < 1.29 is 9.90 Å². The summed E-state index contributed by atoms with van der Waals surface area (Å²) in [4.78, 5) is 21.7. The molecule has 2 heterocycles. The van der Waals surface area contributed by atoms with Crippen LogP contribution in [0.15, 0.2) is 97.1 Å². The highest BCUT2D eigenvalue weighted by Gasteiger charge is 2.23. The maximum absolute atomic E-state index is 11.7. The summed E-state index contributed by atoms with van der Waals surface area (Å²) in [5.74, 6) is -0.0561. The van der Waals surface area contributed by atoms with Gasteiger partial charge >= 0.3 is 5.97 Å². The number of carboxylic acid groups (broad SMARTS) is 1. The molecule has 41 heavy (non-hydrogen) atoms. The fraction of sp³-hybridized carbons (Fsp3) is 0.171. The first-order chi connectivity index (χ1) is 20.0. The number of aromatic carboxylic acids is 1. The van der Waals surface area contributed by atoms with Crippen LogP contribution in [-0.4, -0.2) is 25.6 Å². The van der Waals surface area contributed by atoms with Gasteiger partial charge in [0, 0.05) is 27.6 Å². The molecule has 0 amide bonds. The molecule has 1 aliphatic rings. The number of hydrogen-bond acceptors (Lipinski definition) is 3. The van der Waals surface area contributed by atoms with Gasteiger partial charge in [0.1, 0.15) is 5.82 Å². The SMILES string of the molecule is O=C(O)c1ccc2c(c1)nc(-c1ccc3nc(-c4ccccc4-c4ccc(Cl)cc4)ccc3c1)n2C1CCCCC1. The van der Waals surface area contributed by atoms with Crippen LogP contribution in [0.25, 0.3) is 55.7 Å². The highest BCUT2D eigenvalue weighted by Crippen LogP contribution is 2.38. The van der Waals surface area contributed by atoms with Crippen molar-refractivity contribution in [2.24, 2.45) is 0 Å². The van der Waals surface area contributed by atoms with Gasteiger partial charge in [0.05, 0.1) is 27.8 Å².